The number of hydrogen-bond acceptors (Lipinski definition) is 5. The van der Waals surface area contributed by atoms with Crippen LogP contribution in [0, 0.1) is 6.92 Å². The Kier molecular flexibility index (Phi) is 7.04. The molecule has 160 valence electrons. The second-order valence-electron chi connectivity index (χ2n) is 7.84. The van der Waals surface area contributed by atoms with Crippen LogP contribution in [0.2, 0.25) is 5.02 Å². The zero-order valence-electron chi connectivity index (χ0n) is 17.2. The fraction of sp³-hybridized carbons (Fsp3) is 0.333. The molecule has 1 heterocycles. The van der Waals surface area contributed by atoms with E-state index in [4.69, 9.17) is 21.8 Å². The van der Waals surface area contributed by atoms with Crippen molar-refractivity contribution in [1.29, 1.82) is 0 Å². The monoisotopic (exact) mass is 433 g/mol. The minimum absolute atomic E-state index is 0.166. The first kappa shape index (κ1) is 23.2. The number of aromatic hydroxyl groups is 1. The minimum atomic E-state index is -1.08. The molecule has 9 heteroatoms. The van der Waals surface area contributed by atoms with Crippen LogP contribution in [-0.4, -0.2) is 42.3 Å². The molecule has 0 radical (unpaired) electrons. The number of phenols is 1. The summed E-state index contributed by atoms with van der Waals surface area (Å²) >= 11 is 5.99. The number of aromatic nitrogens is 3. The van der Waals surface area contributed by atoms with Crippen molar-refractivity contribution in [2.24, 2.45) is 0 Å². The van der Waals surface area contributed by atoms with E-state index in [2.05, 4.69) is 31.0 Å². The third kappa shape index (κ3) is 5.93. The minimum Gasteiger partial charge on any atom is -0.505 e. The number of nitrogens with zero attached hydrogens (tertiary/aromatic N) is 3. The van der Waals surface area contributed by atoms with Crippen LogP contribution < -0.4 is 0 Å². The molecule has 3 N–H and O–H groups in total. The highest BCUT2D eigenvalue weighted by Crippen LogP contribution is 2.36. The van der Waals surface area contributed by atoms with Gasteiger partial charge in [-0.25, -0.2) is 0 Å². The summed E-state index contributed by atoms with van der Waals surface area (Å²) in [6.45, 7) is 8.20. The lowest BCUT2D eigenvalue weighted by atomic mass is 9.85. The number of aryl methyl sites for hydroxylation is 1. The lowest BCUT2D eigenvalue weighted by molar-refractivity contribution is -0.143. The van der Waals surface area contributed by atoms with Crippen LogP contribution in [0.4, 0.5) is 0 Å². The quantitative estimate of drug-likeness (QED) is 0.559. The maximum absolute atomic E-state index is 10.7. The lowest BCUT2D eigenvalue weighted by Crippen LogP contribution is -2.13. The summed E-state index contributed by atoms with van der Waals surface area (Å²) in [7, 11) is 0. The van der Waals surface area contributed by atoms with Gasteiger partial charge in [0.15, 0.2) is 0 Å². The van der Waals surface area contributed by atoms with Crippen LogP contribution in [-0.2, 0) is 15.0 Å². The number of halogens is 1. The highest BCUT2D eigenvalue weighted by molar-refractivity contribution is 6.31. The van der Waals surface area contributed by atoms with E-state index in [1.165, 1.54) is 4.80 Å². The van der Waals surface area contributed by atoms with Crippen molar-refractivity contribution in [3.05, 3.63) is 46.5 Å². The summed E-state index contributed by atoms with van der Waals surface area (Å²) in [4.78, 5) is 20.8. The number of fused-ring (bicyclic) bond motifs is 1. The number of hydrogen-bond donors (Lipinski definition) is 3. The van der Waals surface area contributed by atoms with E-state index in [9.17, 15) is 14.7 Å². The molecule has 1 aromatic heterocycles. The molecule has 0 aliphatic rings. The predicted octanol–water partition coefficient (Wildman–Crippen LogP) is 4.32. The van der Waals surface area contributed by atoms with Crippen molar-refractivity contribution in [2.75, 3.05) is 0 Å². The van der Waals surface area contributed by atoms with E-state index in [0.717, 1.165) is 16.6 Å². The highest BCUT2D eigenvalue weighted by atomic mass is 35.5. The normalized spacial score (nSPS) is 11.1. The summed E-state index contributed by atoms with van der Waals surface area (Å²) in [5.41, 5.74) is 3.78. The van der Waals surface area contributed by atoms with E-state index in [1.807, 2.05) is 25.1 Å². The molecular weight excluding hydrogens is 410 g/mol. The van der Waals surface area contributed by atoms with Crippen molar-refractivity contribution in [1.82, 2.24) is 15.0 Å². The molecule has 0 aliphatic heterocycles. The first-order valence-electron chi connectivity index (χ1n) is 9.19. The van der Waals surface area contributed by atoms with E-state index >= 15 is 0 Å². The zero-order chi connectivity index (χ0) is 22.6. The zero-order valence-corrected chi connectivity index (χ0v) is 17.9. The van der Waals surface area contributed by atoms with Crippen LogP contribution in [0.25, 0.3) is 16.7 Å². The van der Waals surface area contributed by atoms with Crippen molar-refractivity contribution in [3.8, 4) is 11.4 Å². The molecule has 0 bridgehead atoms. The summed E-state index contributed by atoms with van der Waals surface area (Å²) in [6, 6.07) is 9.24. The molecule has 3 aromatic rings. The molecule has 0 atom stereocenters. The van der Waals surface area contributed by atoms with Crippen molar-refractivity contribution < 1.29 is 24.9 Å². The Morgan fingerprint density at radius 1 is 1.00 bits per heavy atom. The molecule has 0 aliphatic carbocycles. The molecule has 30 heavy (non-hydrogen) atoms. The number of carboxylic acid groups (broad SMARTS) is 2. The molecule has 0 unspecified atom stereocenters. The first-order valence-corrected chi connectivity index (χ1v) is 9.57. The molecule has 2 aromatic carbocycles. The molecule has 8 nitrogen and oxygen atoms in total. The van der Waals surface area contributed by atoms with E-state index in [1.54, 1.807) is 12.1 Å². The maximum atomic E-state index is 10.7. The summed E-state index contributed by atoms with van der Waals surface area (Å²) in [6.07, 6.45) is -0.593. The largest absolute Gasteiger partial charge is 0.505 e. The van der Waals surface area contributed by atoms with Crippen molar-refractivity contribution in [2.45, 2.75) is 46.0 Å². The predicted molar refractivity (Wildman–Crippen MR) is 113 cm³/mol. The second-order valence-corrected chi connectivity index (χ2v) is 8.28. The van der Waals surface area contributed by atoms with Crippen LogP contribution in [0.3, 0.4) is 0 Å². The number of benzene rings is 2. The SMILES string of the molecule is Cc1cc(-n2nc3ccc(Cl)cc3n2)c(O)c(C(C)(C)C)c1.O=C(O)CCC(=O)O. The van der Waals surface area contributed by atoms with Gasteiger partial charge in [-0.3, -0.25) is 9.59 Å². The van der Waals surface area contributed by atoms with Gasteiger partial charge in [0.25, 0.3) is 0 Å². The van der Waals surface area contributed by atoms with Crippen molar-refractivity contribution >= 4 is 34.6 Å². The fourth-order valence-corrected chi connectivity index (χ4v) is 2.86. The second kappa shape index (κ2) is 9.13. The average Bonchev–Trinajstić information content (AvgIpc) is 3.04. The Morgan fingerprint density at radius 2 is 1.57 bits per heavy atom. The number of aliphatic carboxylic acids is 2. The van der Waals surface area contributed by atoms with Gasteiger partial charge < -0.3 is 15.3 Å². The smallest absolute Gasteiger partial charge is 0.303 e. The summed E-state index contributed by atoms with van der Waals surface area (Å²) in [5, 5.41) is 35.9. The fourth-order valence-electron chi connectivity index (χ4n) is 2.69. The van der Waals surface area contributed by atoms with Crippen molar-refractivity contribution in [3.63, 3.8) is 0 Å². The van der Waals surface area contributed by atoms with Gasteiger partial charge in [0.05, 0.1) is 12.8 Å². The van der Waals surface area contributed by atoms with Gasteiger partial charge in [-0.05, 0) is 42.2 Å². The summed E-state index contributed by atoms with van der Waals surface area (Å²) < 4.78 is 0. The Bertz CT molecular complexity index is 1070. The maximum Gasteiger partial charge on any atom is 0.303 e. The highest BCUT2D eigenvalue weighted by Gasteiger charge is 2.22. The number of carboxylic acids is 2. The Morgan fingerprint density at radius 3 is 2.10 bits per heavy atom. The van der Waals surface area contributed by atoms with Crippen LogP contribution in [0.1, 0.15) is 44.7 Å². The van der Waals surface area contributed by atoms with E-state index in [-0.39, 0.29) is 24.0 Å². The molecule has 0 amide bonds. The third-order valence-corrected chi connectivity index (χ3v) is 4.39. The molecule has 0 spiro atoms. The summed E-state index contributed by atoms with van der Waals surface area (Å²) in [5.74, 6) is -1.94. The molecule has 3 rings (SSSR count). The van der Waals surface area contributed by atoms with Gasteiger partial charge in [0.2, 0.25) is 0 Å². The lowest BCUT2D eigenvalue weighted by Gasteiger charge is -2.22. The number of carbonyl (C=O) groups is 2. The van der Waals surface area contributed by atoms with Gasteiger partial charge in [0, 0.05) is 10.6 Å². The van der Waals surface area contributed by atoms with Crippen LogP contribution in [0.15, 0.2) is 30.3 Å². The van der Waals surface area contributed by atoms with Gasteiger partial charge in [-0.15, -0.1) is 15.0 Å². The van der Waals surface area contributed by atoms with Gasteiger partial charge in [-0.1, -0.05) is 38.4 Å². The van der Waals surface area contributed by atoms with Crippen LogP contribution >= 0.6 is 11.6 Å². The Hall–Kier alpha value is -3.13. The van der Waals surface area contributed by atoms with Gasteiger partial charge in [-0.2, -0.15) is 0 Å². The number of rotatable bonds is 4. The van der Waals surface area contributed by atoms with E-state index in [0.29, 0.717) is 16.2 Å². The average molecular weight is 434 g/mol. The Balaban J connectivity index is 0.000000343. The van der Waals surface area contributed by atoms with E-state index < -0.39 is 11.9 Å². The molecule has 0 saturated heterocycles. The standard InChI is InChI=1S/C17H18ClN3O.C4H6O4/c1-10-7-12(17(2,3)4)16(22)15(8-10)21-19-13-6-5-11(18)9-14(13)20-21;5-3(6)1-2-4(7)8/h5-9,22H,1-4H3;1-2H2,(H,5,6)(H,7,8). The number of phenolic OH excluding ortho intramolecular Hbond substituents is 1. The van der Waals surface area contributed by atoms with Gasteiger partial charge >= 0.3 is 11.9 Å². The third-order valence-electron chi connectivity index (χ3n) is 4.15. The molecule has 0 saturated carbocycles. The van der Waals surface area contributed by atoms with Gasteiger partial charge in [0.1, 0.15) is 22.5 Å². The van der Waals surface area contributed by atoms with Crippen LogP contribution in [0.5, 0.6) is 5.75 Å². The molecule has 0 fully saturated rings. The topological polar surface area (TPSA) is 126 Å². The first-order chi connectivity index (χ1) is 13.9. The Labute approximate surface area is 178 Å². The molecular formula is C21H24ClN3O5.